The van der Waals surface area contributed by atoms with Gasteiger partial charge in [-0.1, -0.05) is 26.2 Å². The molecule has 0 atom stereocenters. The normalized spacial score (nSPS) is 11.2. The first-order valence-electron chi connectivity index (χ1n) is 8.09. The Balaban J connectivity index is 2.86. The monoisotopic (exact) mass is 316 g/mol. The molecule has 0 radical (unpaired) electrons. The molecular weight excluding hydrogens is 283 g/mol. The van der Waals surface area contributed by atoms with E-state index in [1.165, 1.54) is 95.2 Å². The van der Waals surface area contributed by atoms with Crippen LogP contribution in [-0.4, -0.2) is 0 Å². The third-order valence-electron chi connectivity index (χ3n) is 3.55. The number of hydrogen-bond acceptors (Lipinski definition) is 0. The van der Waals surface area contributed by atoms with Gasteiger partial charge in [-0.05, 0) is 0 Å². The van der Waals surface area contributed by atoms with Gasteiger partial charge in [-0.25, -0.2) is 0 Å². The van der Waals surface area contributed by atoms with Crippen molar-refractivity contribution in [2.24, 2.45) is 0 Å². The van der Waals surface area contributed by atoms with Crippen LogP contribution in [0.4, 0.5) is 0 Å². The Hall–Kier alpha value is 0.809. The Bertz CT molecular complexity index is 123. The summed E-state index contributed by atoms with van der Waals surface area (Å²) in [5.41, 5.74) is 0. The Morgan fingerprint density at radius 1 is 0.556 bits per heavy atom. The van der Waals surface area contributed by atoms with Gasteiger partial charge in [0.05, 0.1) is 0 Å². The number of unbranched alkanes of at least 4 members (excludes halogenated alkanes) is 13. The molecule has 0 saturated heterocycles. The summed E-state index contributed by atoms with van der Waals surface area (Å²) in [6.45, 7) is 2.29. The molecule has 0 unspecified atom stereocenters. The van der Waals surface area contributed by atoms with E-state index in [0.717, 1.165) is 14.0 Å². The van der Waals surface area contributed by atoms with E-state index in [1.54, 1.807) is 0 Å². The molecule has 0 saturated carbocycles. The quantitative estimate of drug-likeness (QED) is 0.223. The van der Waals surface area contributed by atoms with E-state index in [9.17, 15) is 0 Å². The maximum absolute atomic E-state index is 5.65. The summed E-state index contributed by atoms with van der Waals surface area (Å²) in [5, 5.41) is 1.21. The molecule has 0 aliphatic carbocycles. The van der Waals surface area contributed by atoms with Crippen molar-refractivity contribution in [2.45, 2.75) is 102 Å². The fourth-order valence-corrected chi connectivity index (χ4v) is 3.14. The van der Waals surface area contributed by atoms with Gasteiger partial charge in [0.25, 0.3) is 0 Å². The van der Waals surface area contributed by atoms with Crippen molar-refractivity contribution in [1.29, 1.82) is 0 Å². The van der Waals surface area contributed by atoms with Crippen LogP contribution in [0.25, 0.3) is 0 Å². The minimum absolute atomic E-state index is 0.845. The van der Waals surface area contributed by atoms with E-state index in [1.807, 2.05) is 0 Å². The molecule has 0 nitrogen and oxygen atoms in total. The average Bonchev–Trinajstić information content (AvgIpc) is 2.39. The zero-order chi connectivity index (χ0) is 13.3. The summed E-state index contributed by atoms with van der Waals surface area (Å²) >= 11 is 0.845. The van der Waals surface area contributed by atoms with Gasteiger partial charge in [0.2, 0.25) is 0 Å². The van der Waals surface area contributed by atoms with Crippen molar-refractivity contribution < 1.29 is 14.0 Å². The van der Waals surface area contributed by atoms with Crippen LogP contribution in [0.1, 0.15) is 96.8 Å². The van der Waals surface area contributed by atoms with Crippen LogP contribution < -0.4 is 0 Å². The third-order valence-corrected chi connectivity index (χ3v) is 4.70. The van der Waals surface area contributed by atoms with Crippen LogP contribution in [0, 0.1) is 0 Å². The van der Waals surface area contributed by atoms with Crippen molar-refractivity contribution >= 4 is 10.1 Å². The molecule has 0 heterocycles. The van der Waals surface area contributed by atoms with Crippen LogP contribution in [0.3, 0.4) is 0 Å². The van der Waals surface area contributed by atoms with Gasteiger partial charge in [0.15, 0.2) is 0 Å². The second-order valence-electron chi connectivity index (χ2n) is 5.37. The zero-order valence-electron chi connectivity index (χ0n) is 12.3. The SMILES string of the molecule is CCCCCCCCCCCCCCC[CH2][Fe][Cl]. The van der Waals surface area contributed by atoms with Crippen LogP contribution in [0.15, 0.2) is 0 Å². The summed E-state index contributed by atoms with van der Waals surface area (Å²) in [6, 6.07) is 0. The predicted molar refractivity (Wildman–Crippen MR) is 81.0 cm³/mol. The van der Waals surface area contributed by atoms with Crippen molar-refractivity contribution in [3.8, 4) is 0 Å². The van der Waals surface area contributed by atoms with Gasteiger partial charge in [-0.15, -0.1) is 0 Å². The van der Waals surface area contributed by atoms with E-state index >= 15 is 0 Å². The van der Waals surface area contributed by atoms with Gasteiger partial charge in [0.1, 0.15) is 0 Å². The number of hydrogen-bond donors (Lipinski definition) is 0. The molecule has 0 aromatic carbocycles. The van der Waals surface area contributed by atoms with Gasteiger partial charge in [0, 0.05) is 0 Å². The number of halogens is 1. The van der Waals surface area contributed by atoms with Gasteiger partial charge in [-0.2, -0.15) is 0 Å². The first-order chi connectivity index (χ1) is 8.91. The summed E-state index contributed by atoms with van der Waals surface area (Å²) in [7, 11) is 5.65. The van der Waals surface area contributed by atoms with Gasteiger partial charge < -0.3 is 0 Å². The maximum atomic E-state index is 5.65. The fourth-order valence-electron chi connectivity index (χ4n) is 2.33. The van der Waals surface area contributed by atoms with Crippen molar-refractivity contribution in [3.63, 3.8) is 0 Å². The van der Waals surface area contributed by atoms with E-state index < -0.39 is 0 Å². The Labute approximate surface area is 126 Å². The molecule has 0 aliphatic heterocycles. The molecular formula is C16H33ClFe. The summed E-state index contributed by atoms with van der Waals surface area (Å²) in [5.74, 6) is 0. The molecule has 112 valence electrons. The second-order valence-corrected chi connectivity index (χ2v) is 6.99. The first kappa shape index (κ1) is 18.8. The molecule has 0 N–H and O–H groups in total. The predicted octanol–water partition coefficient (Wildman–Crippen LogP) is 7.12. The summed E-state index contributed by atoms with van der Waals surface area (Å²) in [6.07, 6.45) is 20.1. The topological polar surface area (TPSA) is 0 Å². The van der Waals surface area contributed by atoms with E-state index in [2.05, 4.69) is 6.92 Å². The molecule has 0 spiro atoms. The molecule has 0 fully saturated rings. The van der Waals surface area contributed by atoms with E-state index in [-0.39, 0.29) is 0 Å². The molecule has 2 heteroatoms. The minimum atomic E-state index is 0.845. The van der Waals surface area contributed by atoms with Crippen molar-refractivity contribution in [1.82, 2.24) is 0 Å². The summed E-state index contributed by atoms with van der Waals surface area (Å²) in [4.78, 5) is 0. The molecule has 0 aromatic rings. The van der Waals surface area contributed by atoms with Gasteiger partial charge in [-0.3, -0.25) is 0 Å². The Morgan fingerprint density at radius 2 is 0.889 bits per heavy atom. The van der Waals surface area contributed by atoms with Crippen molar-refractivity contribution in [2.75, 3.05) is 0 Å². The van der Waals surface area contributed by atoms with E-state index in [4.69, 9.17) is 10.1 Å². The molecule has 0 aromatic heterocycles. The summed E-state index contributed by atoms with van der Waals surface area (Å²) < 4.78 is 0. The van der Waals surface area contributed by atoms with Crippen LogP contribution in [0.2, 0.25) is 5.32 Å². The second kappa shape index (κ2) is 17.8. The van der Waals surface area contributed by atoms with Crippen molar-refractivity contribution in [3.05, 3.63) is 0 Å². The molecule has 0 bridgehead atoms. The fraction of sp³-hybridized carbons (Fsp3) is 1.00. The average molecular weight is 317 g/mol. The van der Waals surface area contributed by atoms with Gasteiger partial charge >= 0.3 is 100 Å². The van der Waals surface area contributed by atoms with Crippen LogP contribution in [-0.2, 0) is 14.0 Å². The zero-order valence-corrected chi connectivity index (χ0v) is 14.2. The third kappa shape index (κ3) is 16.8. The Morgan fingerprint density at radius 3 is 1.22 bits per heavy atom. The Kier molecular flexibility index (Phi) is 18.6. The van der Waals surface area contributed by atoms with Crippen LogP contribution >= 0.6 is 10.1 Å². The molecule has 0 rings (SSSR count). The molecule has 0 amide bonds. The first-order valence-corrected chi connectivity index (χ1v) is 10.4. The number of rotatable bonds is 15. The van der Waals surface area contributed by atoms with Crippen LogP contribution in [0.5, 0.6) is 0 Å². The standard InChI is InChI=1S/C16H33.ClH.Fe/c1-3-5-7-9-11-13-15-16-14-12-10-8-6-4-2;;/h1,3-16H2,2H3;1H;/q;;+1/p-1. The molecule has 0 aliphatic rings. The molecule has 18 heavy (non-hydrogen) atoms. The van der Waals surface area contributed by atoms with E-state index in [0.29, 0.717) is 0 Å².